The van der Waals surface area contributed by atoms with Crippen molar-refractivity contribution in [3.63, 3.8) is 0 Å². The Morgan fingerprint density at radius 1 is 1.14 bits per heavy atom. The summed E-state index contributed by atoms with van der Waals surface area (Å²) in [5.41, 5.74) is 2.61. The molecule has 1 N–H and O–H groups in total. The van der Waals surface area contributed by atoms with Crippen LogP contribution in [0.1, 0.15) is 60.3 Å². The van der Waals surface area contributed by atoms with Gasteiger partial charge >= 0.3 is 0 Å². The van der Waals surface area contributed by atoms with E-state index >= 15 is 0 Å². The first-order chi connectivity index (χ1) is 12.9. The van der Waals surface area contributed by atoms with E-state index in [-0.39, 0.29) is 40.7 Å². The maximum Gasteiger partial charge on any atom is 0.170 e. The summed E-state index contributed by atoms with van der Waals surface area (Å²) in [6.45, 7) is 18.8. The largest absolute Gasteiger partial charge is 0.388 e. The summed E-state index contributed by atoms with van der Waals surface area (Å²) in [5, 5.41) is 10.6. The third-order valence-electron chi connectivity index (χ3n) is 7.57. The third-order valence-corrected chi connectivity index (χ3v) is 7.57. The van der Waals surface area contributed by atoms with Crippen LogP contribution in [0.25, 0.3) is 0 Å². The van der Waals surface area contributed by atoms with Gasteiger partial charge in [0.1, 0.15) is 0 Å². The molecule has 3 nitrogen and oxygen atoms in total. The number of ketones is 2. The minimum atomic E-state index is -0.783. The maximum absolute atomic E-state index is 13.6. The van der Waals surface area contributed by atoms with Crippen molar-refractivity contribution in [1.82, 2.24) is 0 Å². The van der Waals surface area contributed by atoms with Gasteiger partial charge in [-0.1, -0.05) is 52.0 Å². The van der Waals surface area contributed by atoms with E-state index in [2.05, 4.69) is 40.0 Å². The molecule has 0 aromatic heterocycles. The van der Waals surface area contributed by atoms with Gasteiger partial charge in [0, 0.05) is 23.8 Å². The SMILES string of the molecule is C=C(C1=CC2C(C)(C)CCCC2(C)C(C(=C)C)C1=O)C1CC(=O)C(C)=CC1O. The van der Waals surface area contributed by atoms with E-state index in [1.165, 1.54) is 0 Å². The zero-order valence-corrected chi connectivity index (χ0v) is 18.0. The molecule has 0 radical (unpaired) electrons. The molecule has 0 heterocycles. The zero-order valence-electron chi connectivity index (χ0n) is 18.0. The smallest absolute Gasteiger partial charge is 0.170 e. The Labute approximate surface area is 169 Å². The molecule has 3 rings (SSSR count). The average molecular weight is 383 g/mol. The molecule has 1 fully saturated rings. The van der Waals surface area contributed by atoms with Crippen molar-refractivity contribution in [2.45, 2.75) is 66.4 Å². The predicted octanol–water partition coefficient (Wildman–Crippen LogP) is 4.97. The van der Waals surface area contributed by atoms with Gasteiger partial charge < -0.3 is 5.11 Å². The van der Waals surface area contributed by atoms with Gasteiger partial charge in [-0.25, -0.2) is 0 Å². The summed E-state index contributed by atoms with van der Waals surface area (Å²) in [5.74, 6) is -0.385. The second-order valence-electron chi connectivity index (χ2n) is 10.1. The van der Waals surface area contributed by atoms with Crippen molar-refractivity contribution in [3.8, 4) is 0 Å². The number of carbonyl (C=O) groups excluding carboxylic acids is 2. The summed E-state index contributed by atoms with van der Waals surface area (Å²) >= 11 is 0. The lowest BCUT2D eigenvalue weighted by Crippen LogP contribution is -2.51. The highest BCUT2D eigenvalue weighted by Crippen LogP contribution is 2.60. The number of allylic oxidation sites excluding steroid dienone is 4. The number of carbonyl (C=O) groups is 2. The van der Waals surface area contributed by atoms with Gasteiger partial charge in [0.2, 0.25) is 0 Å². The molecule has 0 amide bonds. The number of fused-ring (bicyclic) bond motifs is 1. The topological polar surface area (TPSA) is 54.4 Å². The number of hydrogen-bond donors (Lipinski definition) is 1. The predicted molar refractivity (Wildman–Crippen MR) is 113 cm³/mol. The fraction of sp³-hybridized carbons (Fsp3) is 0.600. The van der Waals surface area contributed by atoms with Crippen LogP contribution in [-0.2, 0) is 9.59 Å². The molecule has 0 aliphatic heterocycles. The molecule has 3 aliphatic rings. The first-order valence-corrected chi connectivity index (χ1v) is 10.4. The number of rotatable bonds is 3. The van der Waals surface area contributed by atoms with Crippen LogP contribution in [-0.4, -0.2) is 22.8 Å². The first kappa shape index (κ1) is 21.0. The second kappa shape index (κ2) is 6.95. The molecular weight excluding hydrogens is 348 g/mol. The minimum absolute atomic E-state index is 0.0135. The van der Waals surface area contributed by atoms with Crippen molar-refractivity contribution >= 4 is 11.6 Å². The van der Waals surface area contributed by atoms with Gasteiger partial charge in [-0.3, -0.25) is 9.59 Å². The van der Waals surface area contributed by atoms with Gasteiger partial charge in [-0.2, -0.15) is 0 Å². The minimum Gasteiger partial charge on any atom is -0.388 e. The Morgan fingerprint density at radius 3 is 2.39 bits per heavy atom. The average Bonchev–Trinajstić information content (AvgIpc) is 2.56. The van der Waals surface area contributed by atoms with E-state index in [0.29, 0.717) is 16.7 Å². The summed E-state index contributed by atoms with van der Waals surface area (Å²) in [7, 11) is 0. The van der Waals surface area contributed by atoms with Crippen LogP contribution in [0, 0.1) is 28.6 Å². The van der Waals surface area contributed by atoms with E-state index in [0.717, 1.165) is 24.8 Å². The highest BCUT2D eigenvalue weighted by atomic mass is 16.3. The van der Waals surface area contributed by atoms with E-state index in [9.17, 15) is 14.7 Å². The molecule has 5 atom stereocenters. The lowest BCUT2D eigenvalue weighted by atomic mass is 9.48. The molecule has 0 saturated heterocycles. The molecule has 0 spiro atoms. The van der Waals surface area contributed by atoms with Crippen LogP contribution >= 0.6 is 0 Å². The lowest BCUT2D eigenvalue weighted by molar-refractivity contribution is -0.127. The summed E-state index contributed by atoms with van der Waals surface area (Å²) < 4.78 is 0. The summed E-state index contributed by atoms with van der Waals surface area (Å²) in [6.07, 6.45) is 6.37. The molecular formula is C25H34O3. The number of hydrogen-bond acceptors (Lipinski definition) is 3. The molecule has 5 unspecified atom stereocenters. The molecule has 1 saturated carbocycles. The number of Topliss-reactive ketones (excluding diaryl/α,β-unsaturated/α-hetero) is 2. The molecule has 28 heavy (non-hydrogen) atoms. The van der Waals surface area contributed by atoms with Crippen molar-refractivity contribution in [2.24, 2.45) is 28.6 Å². The molecule has 0 aromatic rings. The highest BCUT2D eigenvalue weighted by Gasteiger charge is 2.55. The van der Waals surface area contributed by atoms with E-state index < -0.39 is 12.0 Å². The highest BCUT2D eigenvalue weighted by molar-refractivity contribution is 6.04. The molecule has 152 valence electrons. The normalized spacial score (nSPS) is 37.6. The Morgan fingerprint density at radius 2 is 1.79 bits per heavy atom. The molecule has 0 aromatic carbocycles. The maximum atomic E-state index is 13.6. The molecule has 3 heteroatoms. The fourth-order valence-electron chi connectivity index (χ4n) is 6.10. The Hall–Kier alpha value is -1.74. The van der Waals surface area contributed by atoms with Gasteiger partial charge in [0.25, 0.3) is 0 Å². The number of aliphatic hydroxyl groups is 1. The van der Waals surface area contributed by atoms with Crippen molar-refractivity contribution in [2.75, 3.05) is 0 Å². The standard InChI is InChI=1S/C25H34O3/c1-14(2)22-23(28)18(13-21-24(5,6)9-8-10-25(21,22)7)16(4)17-12-19(26)15(3)11-20(17)27/h11,13,17,20-22,27H,1,4,8-10,12H2,2-3,5-7H3. The van der Waals surface area contributed by atoms with Crippen LogP contribution in [0.5, 0.6) is 0 Å². The van der Waals surface area contributed by atoms with Crippen LogP contribution in [0.4, 0.5) is 0 Å². The van der Waals surface area contributed by atoms with Crippen LogP contribution in [0.15, 0.2) is 47.6 Å². The summed E-state index contributed by atoms with van der Waals surface area (Å²) in [6, 6.07) is 0. The Bertz CT molecular complexity index is 810. The fourth-order valence-corrected chi connectivity index (χ4v) is 6.10. The van der Waals surface area contributed by atoms with Gasteiger partial charge in [0.15, 0.2) is 11.6 Å². The van der Waals surface area contributed by atoms with Crippen molar-refractivity contribution < 1.29 is 14.7 Å². The van der Waals surface area contributed by atoms with E-state index in [1.807, 2.05) is 6.92 Å². The van der Waals surface area contributed by atoms with Crippen LogP contribution in [0.3, 0.4) is 0 Å². The van der Waals surface area contributed by atoms with E-state index in [4.69, 9.17) is 0 Å². The zero-order chi connectivity index (χ0) is 21.0. The van der Waals surface area contributed by atoms with Crippen molar-refractivity contribution in [1.29, 1.82) is 0 Å². The van der Waals surface area contributed by atoms with Gasteiger partial charge in [0.05, 0.1) is 6.10 Å². The molecule has 3 aliphatic carbocycles. The van der Waals surface area contributed by atoms with Crippen LogP contribution < -0.4 is 0 Å². The lowest BCUT2D eigenvalue weighted by Gasteiger charge is -2.55. The Balaban J connectivity index is 2.07. The van der Waals surface area contributed by atoms with Crippen molar-refractivity contribution in [3.05, 3.63) is 47.6 Å². The monoisotopic (exact) mass is 382 g/mol. The third kappa shape index (κ3) is 3.18. The Kier molecular flexibility index (Phi) is 5.21. The van der Waals surface area contributed by atoms with Gasteiger partial charge in [-0.05, 0) is 60.7 Å². The second-order valence-corrected chi connectivity index (χ2v) is 10.1. The van der Waals surface area contributed by atoms with Crippen LogP contribution in [0.2, 0.25) is 0 Å². The summed E-state index contributed by atoms with van der Waals surface area (Å²) in [4.78, 5) is 25.8. The molecule has 0 bridgehead atoms. The number of aliphatic hydroxyl groups excluding tert-OH is 1. The quantitative estimate of drug-likeness (QED) is 0.701. The first-order valence-electron chi connectivity index (χ1n) is 10.4. The van der Waals surface area contributed by atoms with Gasteiger partial charge in [-0.15, -0.1) is 0 Å². The van der Waals surface area contributed by atoms with E-state index in [1.54, 1.807) is 13.0 Å².